The molecule has 3 N–H and O–H groups in total. The van der Waals surface area contributed by atoms with Crippen LogP contribution in [0.5, 0.6) is 0 Å². The van der Waals surface area contributed by atoms with E-state index in [1.165, 1.54) is 6.07 Å². The first-order valence-corrected chi connectivity index (χ1v) is 10.3. The van der Waals surface area contributed by atoms with E-state index in [-0.39, 0.29) is 18.9 Å². The van der Waals surface area contributed by atoms with Crippen molar-refractivity contribution in [2.75, 3.05) is 11.9 Å². The molecule has 0 aromatic heterocycles. The molecule has 2 amide bonds. The van der Waals surface area contributed by atoms with E-state index >= 15 is 0 Å². The van der Waals surface area contributed by atoms with Gasteiger partial charge >= 0.3 is 6.18 Å². The third-order valence-corrected chi connectivity index (χ3v) is 6.40. The van der Waals surface area contributed by atoms with Gasteiger partial charge in [-0.1, -0.05) is 49.2 Å². The van der Waals surface area contributed by atoms with Crippen LogP contribution in [0.4, 0.5) is 18.9 Å². The topological polar surface area (TPSA) is 78.4 Å². The molecule has 4 rings (SSSR count). The highest BCUT2D eigenvalue weighted by Crippen LogP contribution is 2.43. The van der Waals surface area contributed by atoms with E-state index in [0.717, 1.165) is 25.0 Å². The molecule has 8 heteroatoms. The summed E-state index contributed by atoms with van der Waals surface area (Å²) in [5.41, 5.74) is -2.26. The number of benzene rings is 2. The molecule has 2 aliphatic rings. The Balaban J connectivity index is 1.51. The molecule has 5 nitrogen and oxygen atoms in total. The molecular weight excluding hydrogens is 409 g/mol. The highest BCUT2D eigenvalue weighted by molar-refractivity contribution is 6.04. The second kappa shape index (κ2) is 7.67. The Bertz CT molecular complexity index is 1020. The monoisotopic (exact) mass is 432 g/mol. The Morgan fingerprint density at radius 2 is 1.81 bits per heavy atom. The number of hydrogen-bond acceptors (Lipinski definition) is 3. The Labute approximate surface area is 177 Å². The average Bonchev–Trinajstić information content (AvgIpc) is 3.33. The molecule has 1 aliphatic carbocycles. The van der Waals surface area contributed by atoms with E-state index in [1.54, 1.807) is 30.3 Å². The van der Waals surface area contributed by atoms with E-state index in [0.29, 0.717) is 29.7 Å². The summed E-state index contributed by atoms with van der Waals surface area (Å²) >= 11 is 0. The van der Waals surface area contributed by atoms with Crippen LogP contribution in [0.25, 0.3) is 0 Å². The summed E-state index contributed by atoms with van der Waals surface area (Å²) < 4.78 is 39.6. The zero-order valence-electron chi connectivity index (χ0n) is 16.8. The number of carbonyl (C=O) groups excluding carboxylic acids is 2. The van der Waals surface area contributed by atoms with Crippen LogP contribution in [-0.4, -0.2) is 23.5 Å². The van der Waals surface area contributed by atoms with Crippen molar-refractivity contribution in [1.82, 2.24) is 5.32 Å². The molecule has 1 saturated carbocycles. The molecule has 0 saturated heterocycles. The van der Waals surface area contributed by atoms with E-state index in [4.69, 9.17) is 0 Å². The summed E-state index contributed by atoms with van der Waals surface area (Å²) in [5, 5.41) is 16.3. The second-order valence-corrected chi connectivity index (χ2v) is 8.23. The van der Waals surface area contributed by atoms with Crippen molar-refractivity contribution in [1.29, 1.82) is 0 Å². The van der Waals surface area contributed by atoms with Crippen molar-refractivity contribution in [3.05, 3.63) is 65.2 Å². The molecule has 0 bridgehead atoms. The highest BCUT2D eigenvalue weighted by atomic mass is 19.4. The van der Waals surface area contributed by atoms with Gasteiger partial charge in [0.15, 0.2) is 5.60 Å². The van der Waals surface area contributed by atoms with Gasteiger partial charge in [-0.25, -0.2) is 0 Å². The number of carbonyl (C=O) groups is 2. The number of para-hydroxylation sites is 1. The lowest BCUT2D eigenvalue weighted by Gasteiger charge is -2.30. The third-order valence-electron chi connectivity index (χ3n) is 6.40. The first-order valence-electron chi connectivity index (χ1n) is 10.3. The van der Waals surface area contributed by atoms with Gasteiger partial charge in [0.1, 0.15) is 0 Å². The number of rotatable bonds is 5. The van der Waals surface area contributed by atoms with Gasteiger partial charge in [0.05, 0.1) is 11.0 Å². The van der Waals surface area contributed by atoms with Gasteiger partial charge < -0.3 is 15.7 Å². The van der Waals surface area contributed by atoms with Crippen LogP contribution in [-0.2, 0) is 26.8 Å². The van der Waals surface area contributed by atoms with Crippen LogP contribution in [0.15, 0.2) is 48.5 Å². The minimum atomic E-state index is -4.49. The summed E-state index contributed by atoms with van der Waals surface area (Å²) in [4.78, 5) is 25.5. The summed E-state index contributed by atoms with van der Waals surface area (Å²) in [6.45, 7) is 0.0117. The van der Waals surface area contributed by atoms with Crippen molar-refractivity contribution < 1.29 is 27.9 Å². The maximum atomic E-state index is 13.2. The number of alkyl halides is 3. The zero-order valence-corrected chi connectivity index (χ0v) is 16.8. The largest absolute Gasteiger partial charge is 0.416 e. The predicted octanol–water partition coefficient (Wildman–Crippen LogP) is 3.86. The molecule has 0 radical (unpaired) electrons. The number of halogens is 3. The number of anilines is 1. The number of nitrogens with one attached hydrogen (secondary N) is 2. The molecule has 2 aromatic rings. The highest BCUT2D eigenvalue weighted by Gasteiger charge is 2.46. The predicted molar refractivity (Wildman–Crippen MR) is 108 cm³/mol. The van der Waals surface area contributed by atoms with Crippen molar-refractivity contribution in [2.24, 2.45) is 0 Å². The van der Waals surface area contributed by atoms with Crippen molar-refractivity contribution in [3.63, 3.8) is 0 Å². The molecular formula is C23H23F3N2O3. The Hall–Kier alpha value is -2.87. The van der Waals surface area contributed by atoms with Crippen LogP contribution >= 0.6 is 0 Å². The van der Waals surface area contributed by atoms with E-state index in [1.807, 2.05) is 0 Å². The van der Waals surface area contributed by atoms with Gasteiger partial charge in [0.2, 0.25) is 5.91 Å². The fourth-order valence-corrected chi connectivity index (χ4v) is 4.69. The first kappa shape index (κ1) is 21.4. The number of amides is 2. The fraction of sp³-hybridized carbons (Fsp3) is 0.391. The lowest BCUT2D eigenvalue weighted by molar-refractivity contribution is -0.138. The van der Waals surface area contributed by atoms with E-state index < -0.39 is 28.7 Å². The van der Waals surface area contributed by atoms with Crippen LogP contribution in [0.1, 0.15) is 48.8 Å². The molecule has 1 atom stereocenters. The van der Waals surface area contributed by atoms with Crippen molar-refractivity contribution in [3.8, 4) is 0 Å². The molecule has 31 heavy (non-hydrogen) atoms. The van der Waals surface area contributed by atoms with Gasteiger partial charge in [-0.15, -0.1) is 0 Å². The Morgan fingerprint density at radius 3 is 2.52 bits per heavy atom. The molecule has 1 fully saturated rings. The maximum Gasteiger partial charge on any atom is 0.416 e. The van der Waals surface area contributed by atoms with Crippen LogP contribution in [0.2, 0.25) is 0 Å². The van der Waals surface area contributed by atoms with Crippen LogP contribution in [0, 0.1) is 0 Å². The molecule has 2 aromatic carbocycles. The SMILES string of the molecule is O=C1Nc2ccccc2C1(O)CCNC(=O)C1(c2cccc(C(F)(F)F)c2)CCCC1. The van der Waals surface area contributed by atoms with Gasteiger partial charge in [0.25, 0.3) is 5.91 Å². The van der Waals surface area contributed by atoms with Crippen LogP contribution in [0.3, 0.4) is 0 Å². The Morgan fingerprint density at radius 1 is 1.10 bits per heavy atom. The maximum absolute atomic E-state index is 13.2. The van der Waals surface area contributed by atoms with Crippen LogP contribution < -0.4 is 10.6 Å². The molecule has 164 valence electrons. The third kappa shape index (κ3) is 3.69. The summed E-state index contributed by atoms with van der Waals surface area (Å²) in [5.74, 6) is -0.934. The number of hydrogen-bond donors (Lipinski definition) is 3. The Kier molecular flexibility index (Phi) is 5.29. The smallest absolute Gasteiger partial charge is 0.375 e. The molecule has 1 aliphatic heterocycles. The second-order valence-electron chi connectivity index (χ2n) is 8.23. The van der Waals surface area contributed by atoms with Crippen molar-refractivity contribution >= 4 is 17.5 Å². The minimum Gasteiger partial charge on any atom is -0.375 e. The average molecular weight is 432 g/mol. The molecule has 1 heterocycles. The van der Waals surface area contributed by atoms with E-state index in [9.17, 15) is 27.9 Å². The normalized spacial score (nSPS) is 22.1. The quantitative estimate of drug-likeness (QED) is 0.671. The zero-order chi connectivity index (χ0) is 22.3. The molecule has 1 unspecified atom stereocenters. The lowest BCUT2D eigenvalue weighted by Crippen LogP contribution is -2.45. The van der Waals surface area contributed by atoms with Gasteiger partial charge in [-0.3, -0.25) is 9.59 Å². The summed E-state index contributed by atoms with van der Waals surface area (Å²) in [6.07, 6.45) is -2.15. The van der Waals surface area contributed by atoms with Gasteiger partial charge in [0, 0.05) is 24.2 Å². The molecule has 0 spiro atoms. The summed E-state index contributed by atoms with van der Waals surface area (Å²) in [6, 6.07) is 11.7. The lowest BCUT2D eigenvalue weighted by atomic mass is 9.77. The number of aliphatic hydroxyl groups is 1. The fourth-order valence-electron chi connectivity index (χ4n) is 4.69. The number of fused-ring (bicyclic) bond motifs is 1. The summed E-state index contributed by atoms with van der Waals surface area (Å²) in [7, 11) is 0. The van der Waals surface area contributed by atoms with E-state index in [2.05, 4.69) is 10.6 Å². The first-order chi connectivity index (χ1) is 14.7. The standard InChI is InChI=1S/C23H23F3N2O3/c24-23(25,26)16-7-5-6-15(14-16)21(10-3-4-11-21)19(29)27-13-12-22(31)17-8-1-2-9-18(17)28-20(22)30/h1-2,5-9,14,31H,3-4,10-13H2,(H,27,29)(H,28,30). The minimum absolute atomic E-state index is 0.0117. The van der Waals surface area contributed by atoms with Crippen molar-refractivity contribution in [2.45, 2.75) is 49.3 Å². The van der Waals surface area contributed by atoms with Gasteiger partial charge in [-0.05, 0) is 30.5 Å². The van der Waals surface area contributed by atoms with Gasteiger partial charge in [-0.2, -0.15) is 13.2 Å².